The molecule has 1 N–H and O–H groups in total. The number of nitrogens with zero attached hydrogens (tertiary/aromatic N) is 1. The Morgan fingerprint density at radius 2 is 2.33 bits per heavy atom. The van der Waals surface area contributed by atoms with Crippen molar-refractivity contribution >= 4 is 0 Å². The molecule has 50 valence electrons. The van der Waals surface area contributed by atoms with E-state index in [1.165, 1.54) is 20.0 Å². The van der Waals surface area contributed by atoms with Crippen LogP contribution in [0.5, 0.6) is 0 Å². The SMILES string of the molecule is CC(C)(F)c1ccn[nH]1. The van der Waals surface area contributed by atoms with Crippen molar-refractivity contribution in [3.8, 4) is 0 Å². The first-order valence-electron chi connectivity index (χ1n) is 2.79. The first-order valence-corrected chi connectivity index (χ1v) is 2.79. The molecule has 0 aliphatic heterocycles. The molecule has 0 aliphatic rings. The van der Waals surface area contributed by atoms with Crippen LogP contribution in [0.3, 0.4) is 0 Å². The Balaban J connectivity index is 2.90. The van der Waals surface area contributed by atoms with Crippen LogP contribution in [-0.4, -0.2) is 10.2 Å². The van der Waals surface area contributed by atoms with Crippen molar-refractivity contribution < 1.29 is 4.39 Å². The van der Waals surface area contributed by atoms with Gasteiger partial charge in [-0.3, -0.25) is 5.10 Å². The van der Waals surface area contributed by atoms with Gasteiger partial charge in [-0.15, -0.1) is 0 Å². The Hall–Kier alpha value is -0.860. The number of aromatic amines is 1. The van der Waals surface area contributed by atoms with Crippen LogP contribution in [0.4, 0.5) is 4.39 Å². The third-order valence-electron chi connectivity index (χ3n) is 1.14. The third-order valence-corrected chi connectivity index (χ3v) is 1.14. The number of hydrogen-bond acceptors (Lipinski definition) is 1. The van der Waals surface area contributed by atoms with Crippen molar-refractivity contribution in [2.24, 2.45) is 0 Å². The molecule has 0 unspecified atom stereocenters. The van der Waals surface area contributed by atoms with Crippen LogP contribution < -0.4 is 0 Å². The summed E-state index contributed by atoms with van der Waals surface area (Å²) in [6, 6.07) is 1.62. The van der Waals surface area contributed by atoms with Gasteiger partial charge in [-0.2, -0.15) is 5.10 Å². The molecule has 0 atom stereocenters. The second-order valence-corrected chi connectivity index (χ2v) is 2.44. The molecule has 9 heavy (non-hydrogen) atoms. The Kier molecular flexibility index (Phi) is 1.27. The molecule has 1 rings (SSSR count). The normalized spacial score (nSPS) is 11.9. The molecular formula is C6H9FN2. The zero-order chi connectivity index (χ0) is 6.91. The van der Waals surface area contributed by atoms with Crippen LogP contribution in [0.1, 0.15) is 19.5 Å². The molecule has 1 aromatic heterocycles. The van der Waals surface area contributed by atoms with Crippen molar-refractivity contribution in [2.45, 2.75) is 19.5 Å². The van der Waals surface area contributed by atoms with Crippen LogP contribution in [-0.2, 0) is 5.67 Å². The van der Waals surface area contributed by atoms with Crippen molar-refractivity contribution in [3.63, 3.8) is 0 Å². The van der Waals surface area contributed by atoms with E-state index < -0.39 is 5.67 Å². The zero-order valence-electron chi connectivity index (χ0n) is 5.48. The Labute approximate surface area is 53.1 Å². The fraction of sp³-hybridized carbons (Fsp3) is 0.500. The summed E-state index contributed by atoms with van der Waals surface area (Å²) in [6.07, 6.45) is 1.54. The Morgan fingerprint density at radius 1 is 1.67 bits per heavy atom. The molecule has 0 saturated heterocycles. The van der Waals surface area contributed by atoms with Gasteiger partial charge in [0.25, 0.3) is 0 Å². The fourth-order valence-electron chi connectivity index (χ4n) is 0.587. The van der Waals surface area contributed by atoms with Crippen LogP contribution in [0.2, 0.25) is 0 Å². The van der Waals surface area contributed by atoms with Gasteiger partial charge in [-0.05, 0) is 19.9 Å². The third kappa shape index (κ3) is 1.28. The molecule has 0 aliphatic carbocycles. The molecule has 2 nitrogen and oxygen atoms in total. The summed E-state index contributed by atoms with van der Waals surface area (Å²) in [6.45, 7) is 2.97. The Bertz CT molecular complexity index is 173. The smallest absolute Gasteiger partial charge is 0.146 e. The maximum absolute atomic E-state index is 12.9. The van der Waals surface area contributed by atoms with Gasteiger partial charge in [0.15, 0.2) is 0 Å². The maximum Gasteiger partial charge on any atom is 0.146 e. The average Bonchev–Trinajstić information content (AvgIpc) is 2.08. The molecule has 0 fully saturated rings. The van der Waals surface area contributed by atoms with Gasteiger partial charge in [0.1, 0.15) is 5.67 Å². The largest absolute Gasteiger partial charge is 0.279 e. The van der Waals surface area contributed by atoms with Crippen molar-refractivity contribution in [1.29, 1.82) is 0 Å². The van der Waals surface area contributed by atoms with Gasteiger partial charge in [0.05, 0.1) is 5.69 Å². The van der Waals surface area contributed by atoms with Gasteiger partial charge in [-0.25, -0.2) is 4.39 Å². The van der Waals surface area contributed by atoms with E-state index in [9.17, 15) is 4.39 Å². The quantitative estimate of drug-likeness (QED) is 0.611. The highest BCUT2D eigenvalue weighted by molar-refractivity contribution is 5.06. The van der Waals surface area contributed by atoms with Crippen LogP contribution in [0.15, 0.2) is 12.3 Å². The van der Waals surface area contributed by atoms with Crippen LogP contribution in [0.25, 0.3) is 0 Å². The number of hydrogen-bond donors (Lipinski definition) is 1. The first kappa shape index (κ1) is 6.26. The molecule has 0 spiro atoms. The van der Waals surface area contributed by atoms with Crippen molar-refractivity contribution in [1.82, 2.24) is 10.2 Å². The maximum atomic E-state index is 12.9. The fourth-order valence-corrected chi connectivity index (χ4v) is 0.587. The lowest BCUT2D eigenvalue weighted by Gasteiger charge is -2.09. The van der Waals surface area contributed by atoms with E-state index in [0.717, 1.165) is 0 Å². The van der Waals surface area contributed by atoms with Crippen LogP contribution in [0, 0.1) is 0 Å². The molecule has 1 aromatic rings. The number of alkyl halides is 1. The van der Waals surface area contributed by atoms with E-state index in [4.69, 9.17) is 0 Å². The van der Waals surface area contributed by atoms with Gasteiger partial charge >= 0.3 is 0 Å². The lowest BCUT2D eigenvalue weighted by Crippen LogP contribution is -2.09. The minimum atomic E-state index is -1.30. The van der Waals surface area contributed by atoms with E-state index >= 15 is 0 Å². The summed E-state index contributed by atoms with van der Waals surface area (Å²) >= 11 is 0. The van der Waals surface area contributed by atoms with Gasteiger partial charge in [-0.1, -0.05) is 0 Å². The minimum absolute atomic E-state index is 0.516. The zero-order valence-corrected chi connectivity index (χ0v) is 5.48. The van der Waals surface area contributed by atoms with E-state index in [-0.39, 0.29) is 0 Å². The molecule has 1 heterocycles. The summed E-state index contributed by atoms with van der Waals surface area (Å²) in [5.41, 5.74) is -0.779. The average molecular weight is 128 g/mol. The van der Waals surface area contributed by atoms with Crippen LogP contribution >= 0.6 is 0 Å². The second-order valence-electron chi connectivity index (χ2n) is 2.44. The van der Waals surface area contributed by atoms with E-state index in [0.29, 0.717) is 5.69 Å². The first-order chi connectivity index (χ1) is 4.11. The molecule has 0 radical (unpaired) electrons. The number of halogens is 1. The molecule has 0 amide bonds. The highest BCUT2D eigenvalue weighted by Crippen LogP contribution is 2.20. The van der Waals surface area contributed by atoms with E-state index in [2.05, 4.69) is 10.2 Å². The lowest BCUT2D eigenvalue weighted by molar-refractivity contribution is 0.214. The number of rotatable bonds is 1. The van der Waals surface area contributed by atoms with Gasteiger partial charge in [0, 0.05) is 6.20 Å². The number of H-pyrrole nitrogens is 1. The van der Waals surface area contributed by atoms with Crippen molar-refractivity contribution in [3.05, 3.63) is 18.0 Å². The minimum Gasteiger partial charge on any atom is -0.279 e. The topological polar surface area (TPSA) is 28.7 Å². The summed E-state index contributed by atoms with van der Waals surface area (Å²) in [7, 11) is 0. The molecule has 0 aromatic carbocycles. The molecule has 3 heteroatoms. The Morgan fingerprint density at radius 3 is 2.56 bits per heavy atom. The summed E-state index contributed by atoms with van der Waals surface area (Å²) in [5, 5.41) is 6.18. The van der Waals surface area contributed by atoms with E-state index in [1.807, 2.05) is 0 Å². The molecule has 0 saturated carbocycles. The van der Waals surface area contributed by atoms with E-state index in [1.54, 1.807) is 6.07 Å². The summed E-state index contributed by atoms with van der Waals surface area (Å²) in [5.74, 6) is 0. The molecule has 0 bridgehead atoms. The number of aromatic nitrogens is 2. The highest BCUT2D eigenvalue weighted by atomic mass is 19.1. The highest BCUT2D eigenvalue weighted by Gasteiger charge is 2.19. The monoisotopic (exact) mass is 128 g/mol. The standard InChI is InChI=1S/C6H9FN2/c1-6(2,7)5-3-4-8-9-5/h3-4H,1-2H3,(H,8,9). The van der Waals surface area contributed by atoms with Gasteiger partial charge < -0.3 is 0 Å². The second kappa shape index (κ2) is 1.83. The molecular weight excluding hydrogens is 119 g/mol. The number of nitrogens with one attached hydrogen (secondary N) is 1. The predicted molar refractivity (Wildman–Crippen MR) is 32.7 cm³/mol. The van der Waals surface area contributed by atoms with Gasteiger partial charge in [0.2, 0.25) is 0 Å². The summed E-state index contributed by atoms with van der Waals surface area (Å²) in [4.78, 5) is 0. The summed E-state index contributed by atoms with van der Waals surface area (Å²) < 4.78 is 12.9. The predicted octanol–water partition coefficient (Wildman–Crippen LogP) is 1.61. The van der Waals surface area contributed by atoms with Crippen molar-refractivity contribution in [2.75, 3.05) is 0 Å². The lowest BCUT2D eigenvalue weighted by atomic mass is 10.1.